The number of hydrogen-bond acceptors (Lipinski definition) is 7. The van der Waals surface area contributed by atoms with Crippen LogP contribution in [0.4, 0.5) is 11.4 Å². The lowest BCUT2D eigenvalue weighted by atomic mass is 10.1. The van der Waals surface area contributed by atoms with E-state index < -0.39 is 52.2 Å². The third-order valence-electron chi connectivity index (χ3n) is 3.99. The number of phenols is 1. The van der Waals surface area contributed by atoms with Crippen molar-refractivity contribution in [2.24, 2.45) is 0 Å². The highest BCUT2D eigenvalue weighted by Crippen LogP contribution is 2.31. The van der Waals surface area contributed by atoms with Gasteiger partial charge in [0.1, 0.15) is 17.9 Å². The zero-order valence-corrected chi connectivity index (χ0v) is 13.9. The molecule has 0 radical (unpaired) electrons. The van der Waals surface area contributed by atoms with Crippen molar-refractivity contribution < 1.29 is 34.3 Å². The molecular weight excluding hydrogens is 374 g/mol. The second-order valence-electron chi connectivity index (χ2n) is 5.74. The monoisotopic (exact) mass is 385 g/mol. The maximum atomic E-state index is 12.4. The largest absolute Gasteiger partial charge is 0.506 e. The summed E-state index contributed by atoms with van der Waals surface area (Å²) in [6.07, 6.45) is 0. The van der Waals surface area contributed by atoms with Gasteiger partial charge in [-0.3, -0.25) is 29.4 Å². The minimum absolute atomic E-state index is 0.192. The Kier molecular flexibility index (Phi) is 4.49. The molecule has 1 aliphatic heterocycles. The van der Waals surface area contributed by atoms with Crippen LogP contribution in [-0.4, -0.2) is 50.3 Å². The van der Waals surface area contributed by atoms with Crippen LogP contribution in [0.25, 0.3) is 0 Å². The van der Waals surface area contributed by atoms with Crippen LogP contribution in [-0.2, 0) is 4.79 Å². The van der Waals surface area contributed by atoms with Crippen molar-refractivity contribution in [3.05, 3.63) is 63.2 Å². The first-order chi connectivity index (χ1) is 13.2. The number of nitrogens with one attached hydrogen (secondary N) is 1. The molecule has 3 rings (SSSR count). The van der Waals surface area contributed by atoms with Gasteiger partial charge in [0.15, 0.2) is 0 Å². The van der Waals surface area contributed by atoms with Gasteiger partial charge in [-0.25, -0.2) is 4.79 Å². The third kappa shape index (κ3) is 3.11. The molecule has 0 spiro atoms. The van der Waals surface area contributed by atoms with Gasteiger partial charge in [0, 0.05) is 6.07 Å². The summed E-state index contributed by atoms with van der Waals surface area (Å²) in [6.45, 7) is -0.778. The van der Waals surface area contributed by atoms with Crippen LogP contribution in [0.1, 0.15) is 31.1 Å². The number of carboxylic acids is 1. The zero-order valence-electron chi connectivity index (χ0n) is 13.9. The van der Waals surface area contributed by atoms with E-state index in [1.54, 1.807) is 0 Å². The van der Waals surface area contributed by atoms with Crippen LogP contribution in [0, 0.1) is 10.1 Å². The molecule has 11 heteroatoms. The van der Waals surface area contributed by atoms with Gasteiger partial charge < -0.3 is 15.5 Å². The van der Waals surface area contributed by atoms with Crippen LogP contribution in [0.3, 0.4) is 0 Å². The molecule has 0 fully saturated rings. The first kappa shape index (κ1) is 18.5. The first-order valence-corrected chi connectivity index (χ1v) is 7.70. The summed E-state index contributed by atoms with van der Waals surface area (Å²) in [5.74, 6) is -4.48. The Bertz CT molecular complexity index is 1060. The van der Waals surface area contributed by atoms with Gasteiger partial charge in [0.2, 0.25) is 5.91 Å². The standard InChI is InChI=1S/C17H11N3O8/c21-12-5-4-8(17(25)26)6-10(12)18-13(22)7-19-15(23)9-2-1-3-11(20(27)28)14(9)16(19)24/h1-6,21H,7H2,(H,18,22)(H,25,26). The van der Waals surface area contributed by atoms with Crippen molar-refractivity contribution in [3.63, 3.8) is 0 Å². The molecule has 0 aromatic heterocycles. The van der Waals surface area contributed by atoms with Gasteiger partial charge in [-0.1, -0.05) is 6.07 Å². The van der Waals surface area contributed by atoms with E-state index in [0.717, 1.165) is 24.3 Å². The number of phenolic OH excluding ortho intramolecular Hbond substituents is 1. The number of fused-ring (bicyclic) bond motifs is 1. The van der Waals surface area contributed by atoms with E-state index in [0.29, 0.717) is 4.90 Å². The number of imide groups is 1. The molecule has 142 valence electrons. The van der Waals surface area contributed by atoms with Crippen LogP contribution < -0.4 is 5.32 Å². The SMILES string of the molecule is O=C(CN1C(=O)c2cccc([N+](=O)[O-])c2C1=O)Nc1cc(C(=O)O)ccc1O. The van der Waals surface area contributed by atoms with Crippen molar-refractivity contribution in [1.29, 1.82) is 0 Å². The lowest BCUT2D eigenvalue weighted by molar-refractivity contribution is -0.385. The van der Waals surface area contributed by atoms with Gasteiger partial charge >= 0.3 is 5.97 Å². The quantitative estimate of drug-likeness (QED) is 0.299. The fraction of sp³-hybridized carbons (Fsp3) is 0.0588. The summed E-state index contributed by atoms with van der Waals surface area (Å²) in [6, 6.07) is 6.75. The number of carboxylic acid groups (broad SMARTS) is 1. The summed E-state index contributed by atoms with van der Waals surface area (Å²) in [4.78, 5) is 58.8. The van der Waals surface area contributed by atoms with Crippen LogP contribution in [0.15, 0.2) is 36.4 Å². The normalized spacial score (nSPS) is 12.6. The molecule has 28 heavy (non-hydrogen) atoms. The number of hydrogen-bond donors (Lipinski definition) is 3. The van der Waals surface area contributed by atoms with Gasteiger partial charge in [-0.2, -0.15) is 0 Å². The Morgan fingerprint density at radius 2 is 1.86 bits per heavy atom. The average molecular weight is 385 g/mol. The highest BCUT2D eigenvalue weighted by molar-refractivity contribution is 6.24. The lowest BCUT2D eigenvalue weighted by Crippen LogP contribution is -2.37. The third-order valence-corrected chi connectivity index (χ3v) is 3.99. The summed E-state index contributed by atoms with van der Waals surface area (Å²) < 4.78 is 0. The number of carbonyl (C=O) groups is 4. The number of aromatic carboxylic acids is 1. The van der Waals surface area contributed by atoms with E-state index in [4.69, 9.17) is 5.11 Å². The van der Waals surface area contributed by atoms with E-state index in [1.807, 2.05) is 0 Å². The molecule has 3 amide bonds. The molecule has 0 aliphatic carbocycles. The summed E-state index contributed by atoms with van der Waals surface area (Å²) >= 11 is 0. The number of nitrogens with zero attached hydrogens (tertiary/aromatic N) is 2. The first-order valence-electron chi connectivity index (χ1n) is 7.70. The molecular formula is C17H11N3O8. The van der Waals surface area contributed by atoms with Gasteiger partial charge in [0.25, 0.3) is 17.5 Å². The van der Waals surface area contributed by atoms with E-state index in [9.17, 15) is 34.4 Å². The Hall–Kier alpha value is -4.28. The minimum Gasteiger partial charge on any atom is -0.506 e. The topological polar surface area (TPSA) is 167 Å². The number of anilines is 1. The molecule has 1 aliphatic rings. The molecule has 0 saturated heterocycles. The van der Waals surface area contributed by atoms with Crippen molar-refractivity contribution >= 4 is 35.1 Å². The molecule has 0 saturated carbocycles. The van der Waals surface area contributed by atoms with Gasteiger partial charge in [0.05, 0.1) is 21.7 Å². The Labute approximate surface area is 156 Å². The van der Waals surface area contributed by atoms with Crippen LogP contribution in [0.2, 0.25) is 0 Å². The highest BCUT2D eigenvalue weighted by Gasteiger charge is 2.41. The van der Waals surface area contributed by atoms with Crippen molar-refractivity contribution in [2.75, 3.05) is 11.9 Å². The van der Waals surface area contributed by atoms with Crippen LogP contribution in [0.5, 0.6) is 5.75 Å². The second kappa shape index (κ2) is 6.79. The number of amides is 3. The average Bonchev–Trinajstić information content (AvgIpc) is 2.88. The predicted octanol–water partition coefficient (Wildman–Crippen LogP) is 1.23. The van der Waals surface area contributed by atoms with Crippen molar-refractivity contribution in [1.82, 2.24) is 4.90 Å². The number of carbonyl (C=O) groups excluding carboxylic acids is 3. The number of nitro groups is 1. The number of benzene rings is 2. The number of nitro benzene ring substituents is 1. The Balaban J connectivity index is 1.82. The molecule has 0 bridgehead atoms. The molecule has 3 N–H and O–H groups in total. The maximum absolute atomic E-state index is 12.4. The molecule has 2 aromatic rings. The van der Waals surface area contributed by atoms with E-state index >= 15 is 0 Å². The highest BCUT2D eigenvalue weighted by atomic mass is 16.6. The second-order valence-corrected chi connectivity index (χ2v) is 5.74. The van der Waals surface area contributed by atoms with Gasteiger partial charge in [-0.15, -0.1) is 0 Å². The van der Waals surface area contributed by atoms with E-state index in [-0.39, 0.29) is 16.8 Å². The lowest BCUT2D eigenvalue weighted by Gasteiger charge is -2.14. The molecule has 11 nitrogen and oxygen atoms in total. The van der Waals surface area contributed by atoms with Crippen LogP contribution >= 0.6 is 0 Å². The zero-order chi connectivity index (χ0) is 20.6. The number of aromatic hydroxyl groups is 1. The maximum Gasteiger partial charge on any atom is 0.335 e. The predicted molar refractivity (Wildman–Crippen MR) is 92.2 cm³/mol. The fourth-order valence-electron chi connectivity index (χ4n) is 2.71. The Morgan fingerprint density at radius 3 is 2.50 bits per heavy atom. The summed E-state index contributed by atoms with van der Waals surface area (Å²) in [5, 5.41) is 32.0. The Morgan fingerprint density at radius 1 is 1.14 bits per heavy atom. The van der Waals surface area contributed by atoms with Crippen molar-refractivity contribution in [3.8, 4) is 5.75 Å². The molecule has 0 unspecified atom stereocenters. The molecule has 2 aromatic carbocycles. The molecule has 0 atom stereocenters. The molecule has 1 heterocycles. The fourth-order valence-corrected chi connectivity index (χ4v) is 2.71. The van der Waals surface area contributed by atoms with Crippen molar-refractivity contribution in [2.45, 2.75) is 0 Å². The number of rotatable bonds is 5. The smallest absolute Gasteiger partial charge is 0.335 e. The van der Waals surface area contributed by atoms with E-state index in [2.05, 4.69) is 5.32 Å². The minimum atomic E-state index is -1.29. The van der Waals surface area contributed by atoms with E-state index in [1.165, 1.54) is 12.1 Å². The van der Waals surface area contributed by atoms with Gasteiger partial charge in [-0.05, 0) is 24.3 Å². The summed E-state index contributed by atoms with van der Waals surface area (Å²) in [7, 11) is 0. The summed E-state index contributed by atoms with van der Waals surface area (Å²) in [5.41, 5.74) is -1.58.